The maximum absolute atomic E-state index is 14.2. The molecular formula is C36H44N4O4. The first-order valence-corrected chi connectivity index (χ1v) is 15.5. The van der Waals surface area contributed by atoms with E-state index < -0.39 is 17.6 Å². The Hall–Kier alpha value is -4.17. The number of hydrogen-bond acceptors (Lipinski definition) is 5. The summed E-state index contributed by atoms with van der Waals surface area (Å²) in [5, 5.41) is 0. The zero-order valence-electron chi connectivity index (χ0n) is 26.4. The highest BCUT2D eigenvalue weighted by molar-refractivity contribution is 5.86. The molecule has 0 aliphatic carbocycles. The number of esters is 1. The molecule has 3 aromatic rings. The quantitative estimate of drug-likeness (QED) is 0.201. The van der Waals surface area contributed by atoms with E-state index in [4.69, 9.17) is 4.74 Å². The first kappa shape index (κ1) is 31.3. The Bertz CT molecular complexity index is 1340. The van der Waals surface area contributed by atoms with Crippen molar-refractivity contribution in [2.24, 2.45) is 5.92 Å². The second kappa shape index (κ2) is 13.2. The molecule has 0 spiro atoms. The summed E-state index contributed by atoms with van der Waals surface area (Å²) in [6, 6.07) is 29.9. The number of urea groups is 1. The Balaban J connectivity index is 1.39. The van der Waals surface area contributed by atoms with E-state index in [1.807, 2.05) is 36.9 Å². The summed E-state index contributed by atoms with van der Waals surface area (Å²) in [5.74, 6) is -0.447. The molecule has 0 aromatic heterocycles. The van der Waals surface area contributed by atoms with Gasteiger partial charge in [-0.1, -0.05) is 105 Å². The van der Waals surface area contributed by atoms with Gasteiger partial charge in [0, 0.05) is 33.7 Å². The van der Waals surface area contributed by atoms with E-state index in [0.29, 0.717) is 19.6 Å². The number of likely N-dealkylation sites (tertiary alicyclic amines) is 1. The van der Waals surface area contributed by atoms with E-state index in [1.54, 1.807) is 19.0 Å². The highest BCUT2D eigenvalue weighted by atomic mass is 16.5. The molecule has 8 nitrogen and oxygen atoms in total. The van der Waals surface area contributed by atoms with E-state index in [2.05, 4.69) is 77.7 Å². The first-order chi connectivity index (χ1) is 21.2. The number of carbonyl (C=O) groups is 3. The second-order valence-corrected chi connectivity index (χ2v) is 12.3. The van der Waals surface area contributed by atoms with Gasteiger partial charge in [0.15, 0.2) is 0 Å². The summed E-state index contributed by atoms with van der Waals surface area (Å²) in [7, 11) is 4.75. The van der Waals surface area contributed by atoms with Crippen LogP contribution in [0.1, 0.15) is 43.4 Å². The molecule has 2 saturated heterocycles. The van der Waals surface area contributed by atoms with Crippen LogP contribution in [0.5, 0.6) is 0 Å². The van der Waals surface area contributed by atoms with E-state index in [9.17, 15) is 14.4 Å². The van der Waals surface area contributed by atoms with Crippen molar-refractivity contribution in [3.63, 3.8) is 0 Å². The van der Waals surface area contributed by atoms with Gasteiger partial charge in [0.25, 0.3) is 0 Å². The third-order valence-electron chi connectivity index (χ3n) is 9.25. The van der Waals surface area contributed by atoms with Crippen LogP contribution in [0, 0.1) is 5.92 Å². The number of piperidine rings is 1. The lowest BCUT2D eigenvalue weighted by molar-refractivity contribution is -0.147. The topological polar surface area (TPSA) is 73.2 Å². The smallest absolute Gasteiger partial charge is 0.328 e. The van der Waals surface area contributed by atoms with Crippen LogP contribution in [-0.2, 0) is 19.9 Å². The molecular weight excluding hydrogens is 552 g/mol. The number of hydrogen-bond donors (Lipinski definition) is 0. The fourth-order valence-corrected chi connectivity index (χ4v) is 6.96. The van der Waals surface area contributed by atoms with Gasteiger partial charge in [0.2, 0.25) is 5.91 Å². The average Bonchev–Trinajstić information content (AvgIpc) is 3.86. The van der Waals surface area contributed by atoms with Gasteiger partial charge in [0.1, 0.15) is 12.1 Å². The van der Waals surface area contributed by atoms with Crippen molar-refractivity contribution in [1.82, 2.24) is 19.6 Å². The molecule has 2 aliphatic rings. The zero-order chi connectivity index (χ0) is 31.4. The summed E-state index contributed by atoms with van der Waals surface area (Å²) in [6.07, 6.45) is 1.59. The van der Waals surface area contributed by atoms with Crippen LogP contribution in [0.25, 0.3) is 0 Å². The third kappa shape index (κ3) is 5.83. The van der Waals surface area contributed by atoms with Gasteiger partial charge in [-0.05, 0) is 35.4 Å². The third-order valence-corrected chi connectivity index (χ3v) is 9.25. The minimum Gasteiger partial charge on any atom is -0.467 e. The molecule has 2 heterocycles. The van der Waals surface area contributed by atoms with E-state index in [0.717, 1.165) is 29.5 Å². The summed E-state index contributed by atoms with van der Waals surface area (Å²) in [5.41, 5.74) is 2.71. The number of amides is 3. The van der Waals surface area contributed by atoms with Crippen molar-refractivity contribution in [2.45, 2.75) is 50.4 Å². The van der Waals surface area contributed by atoms with Gasteiger partial charge < -0.3 is 19.4 Å². The van der Waals surface area contributed by atoms with Gasteiger partial charge >= 0.3 is 12.0 Å². The van der Waals surface area contributed by atoms with Crippen LogP contribution in [0.2, 0.25) is 0 Å². The molecule has 3 aromatic carbocycles. The highest BCUT2D eigenvalue weighted by Gasteiger charge is 2.57. The predicted molar refractivity (Wildman–Crippen MR) is 171 cm³/mol. The lowest BCUT2D eigenvalue weighted by atomic mass is 9.76. The Morgan fingerprint density at radius 3 is 1.77 bits per heavy atom. The summed E-state index contributed by atoms with van der Waals surface area (Å²) < 4.78 is 4.98. The van der Waals surface area contributed by atoms with Crippen molar-refractivity contribution in [1.29, 1.82) is 0 Å². The maximum Gasteiger partial charge on any atom is 0.328 e. The van der Waals surface area contributed by atoms with Crippen molar-refractivity contribution in [3.8, 4) is 0 Å². The molecule has 2 aliphatic heterocycles. The summed E-state index contributed by atoms with van der Waals surface area (Å²) >= 11 is 0. The van der Waals surface area contributed by atoms with Crippen LogP contribution in [0.4, 0.5) is 4.79 Å². The minimum absolute atomic E-state index is 0.0886. The van der Waals surface area contributed by atoms with Crippen LogP contribution >= 0.6 is 0 Å². The van der Waals surface area contributed by atoms with Gasteiger partial charge in [-0.2, -0.15) is 0 Å². The predicted octanol–water partition coefficient (Wildman–Crippen LogP) is 4.83. The fraction of sp³-hybridized carbons (Fsp3) is 0.417. The largest absolute Gasteiger partial charge is 0.467 e. The van der Waals surface area contributed by atoms with Crippen molar-refractivity contribution in [2.75, 3.05) is 40.8 Å². The number of carbonyl (C=O) groups excluding carboxylic acids is 3. The SMILES string of the molecule is COC(=O)C(C(C)C)N(C)C(=O)N(C)[C@H]1CCCN(C(=O)C2C[N@@]2C(c2ccccc2)(c2ccccc2)c2ccccc2)C1. The lowest BCUT2D eigenvalue weighted by Gasteiger charge is -2.41. The Labute approximate surface area is 261 Å². The monoisotopic (exact) mass is 596 g/mol. The normalized spacial score (nSPS) is 20.5. The maximum atomic E-state index is 14.2. The summed E-state index contributed by atoms with van der Waals surface area (Å²) in [4.78, 5) is 47.6. The molecule has 5 rings (SSSR count). The standard InChI is InChI=1S/C36H44N4O4/c1-26(2)32(34(42)44-5)38(4)35(43)37(3)30-22-15-23-39(24-30)33(41)31-25-40(31)36(27-16-9-6-10-17-27,28-18-11-7-12-19-28)29-20-13-8-14-21-29/h6-14,16-21,26,30-32H,15,22-25H2,1-5H3/t30-,31?,32?,40+/m0/s1. The number of likely N-dealkylation sites (N-methyl/N-ethyl adjacent to an activating group) is 2. The number of benzene rings is 3. The number of rotatable bonds is 9. The molecule has 4 atom stereocenters. The van der Waals surface area contributed by atoms with E-state index in [1.165, 1.54) is 12.0 Å². The molecule has 0 N–H and O–H groups in total. The number of methoxy groups -OCH3 is 1. The molecule has 2 fully saturated rings. The average molecular weight is 597 g/mol. The lowest BCUT2D eigenvalue weighted by Crippen LogP contribution is -2.57. The Morgan fingerprint density at radius 2 is 1.32 bits per heavy atom. The van der Waals surface area contributed by atoms with Crippen LogP contribution in [-0.4, -0.2) is 96.5 Å². The number of ether oxygens (including phenoxy) is 1. The summed E-state index contributed by atoms with van der Waals surface area (Å²) in [6.45, 7) is 5.54. The van der Waals surface area contributed by atoms with E-state index >= 15 is 0 Å². The van der Waals surface area contributed by atoms with Gasteiger partial charge in [0.05, 0.1) is 18.7 Å². The van der Waals surface area contributed by atoms with E-state index in [-0.39, 0.29) is 29.9 Å². The van der Waals surface area contributed by atoms with Gasteiger partial charge in [-0.3, -0.25) is 9.69 Å². The number of nitrogens with zero attached hydrogens (tertiary/aromatic N) is 4. The molecule has 8 heteroatoms. The van der Waals surface area contributed by atoms with Crippen LogP contribution < -0.4 is 0 Å². The molecule has 2 unspecified atom stereocenters. The fourth-order valence-electron chi connectivity index (χ4n) is 6.96. The highest BCUT2D eigenvalue weighted by Crippen LogP contribution is 2.48. The van der Waals surface area contributed by atoms with Crippen molar-refractivity contribution >= 4 is 17.9 Å². The molecule has 232 valence electrons. The Kier molecular flexibility index (Phi) is 9.39. The van der Waals surface area contributed by atoms with Gasteiger partial charge in [-0.25, -0.2) is 9.59 Å². The molecule has 0 saturated carbocycles. The van der Waals surface area contributed by atoms with Gasteiger partial charge in [-0.15, -0.1) is 0 Å². The molecule has 0 bridgehead atoms. The minimum atomic E-state index is -0.682. The first-order valence-electron chi connectivity index (χ1n) is 15.5. The molecule has 44 heavy (non-hydrogen) atoms. The second-order valence-electron chi connectivity index (χ2n) is 12.3. The van der Waals surface area contributed by atoms with Crippen molar-refractivity contribution < 1.29 is 19.1 Å². The van der Waals surface area contributed by atoms with Crippen LogP contribution in [0.15, 0.2) is 91.0 Å². The van der Waals surface area contributed by atoms with Crippen LogP contribution in [0.3, 0.4) is 0 Å². The zero-order valence-corrected chi connectivity index (χ0v) is 26.4. The molecule has 3 amide bonds. The van der Waals surface area contributed by atoms with Crippen molar-refractivity contribution in [3.05, 3.63) is 108 Å². The molecule has 0 radical (unpaired) electrons. The Morgan fingerprint density at radius 1 is 0.818 bits per heavy atom.